The van der Waals surface area contributed by atoms with Crippen LogP contribution < -0.4 is 10.2 Å². The Labute approximate surface area is 201 Å². The molecule has 0 bridgehead atoms. The molecule has 1 saturated heterocycles. The second kappa shape index (κ2) is 8.54. The molecule has 1 aliphatic heterocycles. The molecule has 8 heteroatoms. The van der Waals surface area contributed by atoms with E-state index in [2.05, 4.69) is 5.32 Å². The van der Waals surface area contributed by atoms with Gasteiger partial charge in [0.25, 0.3) is 11.8 Å². The molecule has 2 amide bonds. The van der Waals surface area contributed by atoms with Gasteiger partial charge in [-0.25, -0.2) is 0 Å². The zero-order chi connectivity index (χ0) is 23.2. The van der Waals surface area contributed by atoms with Crippen molar-refractivity contribution in [3.8, 4) is 5.69 Å². The van der Waals surface area contributed by atoms with Gasteiger partial charge in [-0.1, -0.05) is 29.3 Å². The van der Waals surface area contributed by atoms with E-state index in [0.717, 1.165) is 28.2 Å². The lowest BCUT2D eigenvalue weighted by Crippen LogP contribution is -2.54. The van der Waals surface area contributed by atoms with Crippen LogP contribution in [0.4, 0.5) is 5.69 Å². The number of aryl methyl sites for hydroxylation is 2. The Kier molecular flexibility index (Phi) is 5.95. The monoisotopic (exact) mass is 483 g/mol. The maximum absolute atomic E-state index is 13.3. The van der Waals surface area contributed by atoms with Gasteiger partial charge in [0.05, 0.1) is 5.69 Å². The predicted molar refractivity (Wildman–Crippen MR) is 133 cm³/mol. The van der Waals surface area contributed by atoms with Gasteiger partial charge in [0, 0.05) is 27.1 Å². The van der Waals surface area contributed by atoms with Gasteiger partial charge in [-0.05, 0) is 92.7 Å². The molecule has 1 aromatic heterocycles. The molecule has 0 aliphatic carbocycles. The number of nitrogens with one attached hydrogen (secondary N) is 1. The van der Waals surface area contributed by atoms with Crippen LogP contribution in [0.2, 0.25) is 10.0 Å². The normalized spacial score (nSPS) is 15.5. The number of hydrogen-bond donors (Lipinski definition) is 1. The summed E-state index contributed by atoms with van der Waals surface area (Å²) in [7, 11) is 0. The number of carbonyl (C=O) groups is 2. The van der Waals surface area contributed by atoms with E-state index >= 15 is 0 Å². The predicted octanol–water partition coefficient (Wildman–Crippen LogP) is 5.54. The van der Waals surface area contributed by atoms with Crippen LogP contribution in [0.5, 0.6) is 0 Å². The number of halogens is 2. The summed E-state index contributed by atoms with van der Waals surface area (Å²) in [6, 6.07) is 14.6. The Morgan fingerprint density at radius 2 is 1.59 bits per heavy atom. The van der Waals surface area contributed by atoms with Crippen molar-refractivity contribution in [1.29, 1.82) is 0 Å². The summed E-state index contributed by atoms with van der Waals surface area (Å²) >= 11 is 17.5. The minimum atomic E-state index is -0.536. The van der Waals surface area contributed by atoms with E-state index in [4.69, 9.17) is 35.4 Å². The lowest BCUT2D eigenvalue weighted by atomic mass is 10.1. The van der Waals surface area contributed by atoms with Crippen LogP contribution in [0.3, 0.4) is 0 Å². The third-order valence-electron chi connectivity index (χ3n) is 5.37. The molecule has 0 radical (unpaired) electrons. The number of thiocarbonyl (C=S) groups is 1. The molecule has 1 fully saturated rings. The fraction of sp³-hybridized carbons (Fsp3) is 0.125. The molecule has 0 spiro atoms. The number of carbonyl (C=O) groups excluding carboxylic acids is 2. The number of benzene rings is 2. The first-order chi connectivity index (χ1) is 15.2. The average molecular weight is 484 g/mol. The van der Waals surface area contributed by atoms with Crippen molar-refractivity contribution in [1.82, 2.24) is 9.88 Å². The summed E-state index contributed by atoms with van der Waals surface area (Å²) in [6.07, 6.45) is 1.59. The maximum atomic E-state index is 13.3. The van der Waals surface area contributed by atoms with Gasteiger partial charge in [-0.15, -0.1) is 0 Å². The molecule has 3 aromatic rings. The van der Waals surface area contributed by atoms with Gasteiger partial charge in [0.1, 0.15) is 5.57 Å². The molecule has 2 heterocycles. The van der Waals surface area contributed by atoms with Crippen molar-refractivity contribution < 1.29 is 9.59 Å². The molecular weight excluding hydrogens is 465 g/mol. The molecule has 0 saturated carbocycles. The Bertz CT molecular complexity index is 1310. The molecule has 0 unspecified atom stereocenters. The van der Waals surface area contributed by atoms with Gasteiger partial charge < -0.3 is 4.57 Å². The van der Waals surface area contributed by atoms with Crippen LogP contribution in [0, 0.1) is 20.8 Å². The summed E-state index contributed by atoms with van der Waals surface area (Å²) in [6.45, 7) is 5.76. The highest BCUT2D eigenvalue weighted by Crippen LogP contribution is 2.28. The summed E-state index contributed by atoms with van der Waals surface area (Å²) in [4.78, 5) is 27.3. The fourth-order valence-electron chi connectivity index (χ4n) is 3.69. The second-order valence-electron chi connectivity index (χ2n) is 7.53. The molecule has 4 rings (SSSR count). The standard InChI is InChI=1S/C24H19Cl2N3O2S/c1-13-4-7-19(12-21(13)26)29-23(31)20(22(30)27-24(29)32)11-16-10-14(2)28(15(16)3)18-8-5-17(25)6-9-18/h4-12H,1-3H3,(H,27,30,32)/b20-11-. The maximum Gasteiger partial charge on any atom is 0.270 e. The molecule has 1 aliphatic rings. The third-order valence-corrected chi connectivity index (χ3v) is 6.31. The molecule has 5 nitrogen and oxygen atoms in total. The van der Waals surface area contributed by atoms with Gasteiger partial charge in [-0.3, -0.25) is 19.8 Å². The first-order valence-corrected chi connectivity index (χ1v) is 11.0. The molecule has 2 aromatic carbocycles. The summed E-state index contributed by atoms with van der Waals surface area (Å²) in [5, 5.41) is 3.78. The molecule has 162 valence electrons. The highest BCUT2D eigenvalue weighted by Gasteiger charge is 2.35. The van der Waals surface area contributed by atoms with Crippen LogP contribution in [-0.4, -0.2) is 21.5 Å². The van der Waals surface area contributed by atoms with Crippen molar-refractivity contribution in [2.45, 2.75) is 20.8 Å². The Morgan fingerprint density at radius 3 is 2.25 bits per heavy atom. The minimum absolute atomic E-state index is 0.00773. The Hall–Kier alpha value is -2.93. The topological polar surface area (TPSA) is 54.3 Å². The minimum Gasteiger partial charge on any atom is -0.318 e. The summed E-state index contributed by atoms with van der Waals surface area (Å²) < 4.78 is 2.04. The number of amides is 2. The van der Waals surface area contributed by atoms with E-state index in [0.29, 0.717) is 15.7 Å². The third kappa shape index (κ3) is 3.97. The highest BCUT2D eigenvalue weighted by molar-refractivity contribution is 7.80. The van der Waals surface area contributed by atoms with E-state index in [1.54, 1.807) is 24.3 Å². The van der Waals surface area contributed by atoms with Crippen LogP contribution >= 0.6 is 35.4 Å². The molecular formula is C24H19Cl2N3O2S. The SMILES string of the molecule is Cc1ccc(N2C(=O)/C(=C\c3cc(C)n(-c4ccc(Cl)cc4)c3C)C(=O)NC2=S)cc1Cl. The summed E-state index contributed by atoms with van der Waals surface area (Å²) in [5.74, 6) is -1.04. The Morgan fingerprint density at radius 1 is 0.938 bits per heavy atom. The van der Waals surface area contributed by atoms with E-state index < -0.39 is 11.8 Å². The zero-order valence-electron chi connectivity index (χ0n) is 17.6. The zero-order valence-corrected chi connectivity index (χ0v) is 19.9. The second-order valence-corrected chi connectivity index (χ2v) is 8.76. The number of hydrogen-bond acceptors (Lipinski definition) is 3. The number of anilines is 1. The van der Waals surface area contributed by atoms with Gasteiger partial charge in [0.2, 0.25) is 0 Å². The average Bonchev–Trinajstić information content (AvgIpc) is 3.01. The molecule has 32 heavy (non-hydrogen) atoms. The molecule has 0 atom stereocenters. The van der Waals surface area contributed by atoms with Gasteiger partial charge >= 0.3 is 0 Å². The number of aromatic nitrogens is 1. The van der Waals surface area contributed by atoms with Gasteiger partial charge in [0.15, 0.2) is 5.11 Å². The molecule has 1 N–H and O–H groups in total. The van der Waals surface area contributed by atoms with E-state index in [9.17, 15) is 9.59 Å². The van der Waals surface area contributed by atoms with Crippen LogP contribution in [-0.2, 0) is 9.59 Å². The van der Waals surface area contributed by atoms with Crippen LogP contribution in [0.25, 0.3) is 11.8 Å². The highest BCUT2D eigenvalue weighted by atomic mass is 35.5. The largest absolute Gasteiger partial charge is 0.318 e. The van der Waals surface area contributed by atoms with Crippen molar-refractivity contribution in [3.05, 3.63) is 86.7 Å². The smallest absolute Gasteiger partial charge is 0.270 e. The van der Waals surface area contributed by atoms with Gasteiger partial charge in [-0.2, -0.15) is 0 Å². The van der Waals surface area contributed by atoms with E-state index in [1.807, 2.05) is 55.7 Å². The summed E-state index contributed by atoms with van der Waals surface area (Å²) in [5.41, 5.74) is 4.89. The lowest BCUT2D eigenvalue weighted by molar-refractivity contribution is -0.122. The van der Waals surface area contributed by atoms with Crippen molar-refractivity contribution in [2.24, 2.45) is 0 Å². The van der Waals surface area contributed by atoms with Crippen molar-refractivity contribution in [3.63, 3.8) is 0 Å². The number of rotatable bonds is 3. The van der Waals surface area contributed by atoms with E-state index in [-0.39, 0.29) is 10.7 Å². The lowest BCUT2D eigenvalue weighted by Gasteiger charge is -2.29. The first kappa shape index (κ1) is 22.3. The fourth-order valence-corrected chi connectivity index (χ4v) is 4.27. The van der Waals surface area contributed by atoms with Crippen molar-refractivity contribution in [2.75, 3.05) is 4.90 Å². The van der Waals surface area contributed by atoms with E-state index in [1.165, 1.54) is 4.90 Å². The Balaban J connectivity index is 1.76. The van der Waals surface area contributed by atoms with Crippen LogP contribution in [0.15, 0.2) is 54.1 Å². The van der Waals surface area contributed by atoms with Crippen LogP contribution in [0.1, 0.15) is 22.5 Å². The number of nitrogens with zero attached hydrogens (tertiary/aromatic N) is 2. The van der Waals surface area contributed by atoms with Crippen molar-refractivity contribution >= 4 is 64.1 Å². The first-order valence-electron chi connectivity index (χ1n) is 9.80. The quantitative estimate of drug-likeness (QED) is 0.302.